The number of aromatic nitrogens is 4. The fraction of sp³-hybridized carbons (Fsp3) is 0.400. The number of aryl methyl sites for hydroxylation is 3. The van der Waals surface area contributed by atoms with Gasteiger partial charge in [-0.25, -0.2) is 4.98 Å². The maximum absolute atomic E-state index is 12.9. The lowest BCUT2D eigenvalue weighted by Gasteiger charge is -2.25. The Labute approximate surface area is 157 Å². The lowest BCUT2D eigenvalue weighted by molar-refractivity contribution is -0.132. The number of likely N-dealkylation sites (tertiary alicyclic amines) is 1. The molecule has 1 saturated heterocycles. The van der Waals surface area contributed by atoms with Crippen molar-refractivity contribution in [3.63, 3.8) is 0 Å². The molecular weight excluding hydrogens is 342 g/mol. The maximum atomic E-state index is 12.9. The monoisotopic (exact) mass is 365 g/mol. The number of nitrogens with one attached hydrogen (secondary N) is 1. The SMILES string of the molecule is Cc1n[nH]c(C)c1C1CCCN1C(=O)CCn1cnc2ccccc2c1=O. The Balaban J connectivity index is 1.51. The molecule has 1 fully saturated rings. The van der Waals surface area contributed by atoms with Gasteiger partial charge in [-0.2, -0.15) is 5.10 Å². The highest BCUT2D eigenvalue weighted by Gasteiger charge is 2.32. The van der Waals surface area contributed by atoms with E-state index in [2.05, 4.69) is 15.2 Å². The molecule has 3 aromatic rings. The summed E-state index contributed by atoms with van der Waals surface area (Å²) in [7, 11) is 0. The number of hydrogen-bond donors (Lipinski definition) is 1. The molecule has 1 aromatic carbocycles. The van der Waals surface area contributed by atoms with Crippen LogP contribution in [0.5, 0.6) is 0 Å². The zero-order valence-electron chi connectivity index (χ0n) is 15.6. The maximum Gasteiger partial charge on any atom is 0.261 e. The molecule has 1 atom stereocenters. The van der Waals surface area contributed by atoms with E-state index in [1.54, 1.807) is 6.07 Å². The standard InChI is InChI=1S/C20H23N5O2/c1-13-19(14(2)23-22-13)17-8-5-10-25(17)18(26)9-11-24-12-21-16-7-4-3-6-15(16)20(24)27/h3-4,6-7,12,17H,5,8-11H2,1-2H3,(H,22,23). The molecule has 0 aliphatic carbocycles. The largest absolute Gasteiger partial charge is 0.335 e. The Bertz CT molecular complexity index is 1030. The molecule has 3 heterocycles. The molecule has 7 nitrogen and oxygen atoms in total. The lowest BCUT2D eigenvalue weighted by Crippen LogP contribution is -2.32. The van der Waals surface area contributed by atoms with Crippen LogP contribution in [0.4, 0.5) is 0 Å². The number of hydrogen-bond acceptors (Lipinski definition) is 4. The first kappa shape index (κ1) is 17.5. The van der Waals surface area contributed by atoms with E-state index in [4.69, 9.17) is 0 Å². The van der Waals surface area contributed by atoms with Crippen LogP contribution in [0.3, 0.4) is 0 Å². The molecule has 4 rings (SSSR count). The number of amides is 1. The minimum Gasteiger partial charge on any atom is -0.335 e. The Kier molecular flexibility index (Phi) is 4.51. The Morgan fingerprint density at radius 1 is 1.30 bits per heavy atom. The zero-order chi connectivity index (χ0) is 19.0. The van der Waals surface area contributed by atoms with E-state index >= 15 is 0 Å². The number of para-hydroxylation sites is 1. The second kappa shape index (κ2) is 6.98. The number of aromatic amines is 1. The van der Waals surface area contributed by atoms with Crippen LogP contribution in [-0.4, -0.2) is 37.1 Å². The first-order chi connectivity index (χ1) is 13.1. The van der Waals surface area contributed by atoms with E-state index < -0.39 is 0 Å². The number of benzene rings is 1. The van der Waals surface area contributed by atoms with E-state index in [-0.39, 0.29) is 23.9 Å². The fourth-order valence-electron chi connectivity index (χ4n) is 4.04. The summed E-state index contributed by atoms with van der Waals surface area (Å²) in [6.07, 6.45) is 3.75. The summed E-state index contributed by atoms with van der Waals surface area (Å²) >= 11 is 0. The molecule has 2 aromatic heterocycles. The number of H-pyrrole nitrogens is 1. The molecule has 0 spiro atoms. The smallest absolute Gasteiger partial charge is 0.261 e. The summed E-state index contributed by atoms with van der Waals surface area (Å²) < 4.78 is 1.53. The van der Waals surface area contributed by atoms with Crippen molar-refractivity contribution in [1.82, 2.24) is 24.6 Å². The molecule has 1 aliphatic rings. The Morgan fingerprint density at radius 3 is 2.89 bits per heavy atom. The third kappa shape index (κ3) is 3.13. The molecule has 0 saturated carbocycles. The van der Waals surface area contributed by atoms with Gasteiger partial charge in [0.1, 0.15) is 0 Å². The molecule has 27 heavy (non-hydrogen) atoms. The van der Waals surface area contributed by atoms with Gasteiger partial charge in [-0.3, -0.25) is 19.3 Å². The van der Waals surface area contributed by atoms with Crippen LogP contribution in [-0.2, 0) is 11.3 Å². The molecule has 0 radical (unpaired) electrons. The van der Waals surface area contributed by atoms with E-state index in [0.29, 0.717) is 17.4 Å². The molecule has 140 valence electrons. The van der Waals surface area contributed by atoms with Gasteiger partial charge >= 0.3 is 0 Å². The van der Waals surface area contributed by atoms with Crippen LogP contribution in [0.15, 0.2) is 35.4 Å². The second-order valence-electron chi connectivity index (χ2n) is 7.10. The molecule has 7 heteroatoms. The molecule has 1 N–H and O–H groups in total. The molecule has 1 aliphatic heterocycles. The summed E-state index contributed by atoms with van der Waals surface area (Å²) in [6.45, 7) is 5.05. The zero-order valence-corrected chi connectivity index (χ0v) is 15.6. The fourth-order valence-corrected chi connectivity index (χ4v) is 4.04. The van der Waals surface area contributed by atoms with Crippen molar-refractivity contribution in [3.05, 3.63) is 57.9 Å². The average molecular weight is 365 g/mol. The van der Waals surface area contributed by atoms with Gasteiger partial charge in [0.2, 0.25) is 5.91 Å². The third-order valence-electron chi connectivity index (χ3n) is 5.39. The average Bonchev–Trinajstić information content (AvgIpc) is 3.27. The van der Waals surface area contributed by atoms with Crippen LogP contribution >= 0.6 is 0 Å². The van der Waals surface area contributed by atoms with Crippen molar-refractivity contribution < 1.29 is 4.79 Å². The highest BCUT2D eigenvalue weighted by atomic mass is 16.2. The van der Waals surface area contributed by atoms with Crippen LogP contribution in [0, 0.1) is 13.8 Å². The van der Waals surface area contributed by atoms with Crippen molar-refractivity contribution in [3.8, 4) is 0 Å². The minimum absolute atomic E-state index is 0.0672. The first-order valence-electron chi connectivity index (χ1n) is 9.31. The van der Waals surface area contributed by atoms with Gasteiger partial charge in [0.05, 0.1) is 29.0 Å². The number of carbonyl (C=O) groups excluding carboxylic acids is 1. The molecule has 1 unspecified atom stereocenters. The summed E-state index contributed by atoms with van der Waals surface area (Å²) in [5.41, 5.74) is 3.67. The summed E-state index contributed by atoms with van der Waals surface area (Å²) in [6, 6.07) is 7.34. The van der Waals surface area contributed by atoms with Crippen molar-refractivity contribution in [1.29, 1.82) is 0 Å². The van der Waals surface area contributed by atoms with Gasteiger partial charge in [-0.1, -0.05) is 12.1 Å². The van der Waals surface area contributed by atoms with Crippen molar-refractivity contribution >= 4 is 16.8 Å². The van der Waals surface area contributed by atoms with Gasteiger partial charge < -0.3 is 4.90 Å². The van der Waals surface area contributed by atoms with E-state index in [9.17, 15) is 9.59 Å². The predicted molar refractivity (Wildman–Crippen MR) is 102 cm³/mol. The summed E-state index contributed by atoms with van der Waals surface area (Å²) in [4.78, 5) is 31.7. The topological polar surface area (TPSA) is 83.9 Å². The van der Waals surface area contributed by atoms with Crippen molar-refractivity contribution in [2.75, 3.05) is 6.54 Å². The second-order valence-corrected chi connectivity index (χ2v) is 7.10. The highest BCUT2D eigenvalue weighted by Crippen LogP contribution is 2.35. The molecular formula is C20H23N5O2. The van der Waals surface area contributed by atoms with Gasteiger partial charge in [0.25, 0.3) is 5.56 Å². The minimum atomic E-state index is -0.104. The van der Waals surface area contributed by atoms with Gasteiger partial charge in [-0.05, 0) is 38.8 Å². The van der Waals surface area contributed by atoms with Gasteiger partial charge in [0, 0.05) is 30.8 Å². The van der Waals surface area contributed by atoms with Crippen LogP contribution in [0.25, 0.3) is 10.9 Å². The van der Waals surface area contributed by atoms with E-state index in [1.807, 2.05) is 36.9 Å². The normalized spacial score (nSPS) is 17.0. The Hall–Kier alpha value is -2.96. The van der Waals surface area contributed by atoms with Crippen LogP contribution in [0.1, 0.15) is 42.3 Å². The van der Waals surface area contributed by atoms with Gasteiger partial charge in [-0.15, -0.1) is 0 Å². The molecule has 1 amide bonds. The van der Waals surface area contributed by atoms with Gasteiger partial charge in [0.15, 0.2) is 0 Å². The number of nitrogens with zero attached hydrogens (tertiary/aromatic N) is 4. The summed E-state index contributed by atoms with van der Waals surface area (Å²) in [5.74, 6) is 0.0672. The summed E-state index contributed by atoms with van der Waals surface area (Å²) in [5, 5.41) is 7.87. The predicted octanol–water partition coefficient (Wildman–Crippen LogP) is 2.49. The Morgan fingerprint density at radius 2 is 2.11 bits per heavy atom. The highest BCUT2D eigenvalue weighted by molar-refractivity contribution is 5.78. The molecule has 0 bridgehead atoms. The van der Waals surface area contributed by atoms with Crippen LogP contribution in [0.2, 0.25) is 0 Å². The van der Waals surface area contributed by atoms with Crippen LogP contribution < -0.4 is 5.56 Å². The quantitative estimate of drug-likeness (QED) is 0.770. The number of fused-ring (bicyclic) bond motifs is 1. The van der Waals surface area contributed by atoms with Crippen molar-refractivity contribution in [2.45, 2.75) is 45.7 Å². The number of carbonyl (C=O) groups is 1. The van der Waals surface area contributed by atoms with Crippen molar-refractivity contribution in [2.24, 2.45) is 0 Å². The first-order valence-corrected chi connectivity index (χ1v) is 9.31. The lowest BCUT2D eigenvalue weighted by atomic mass is 10.0. The third-order valence-corrected chi connectivity index (χ3v) is 5.39. The number of rotatable bonds is 4. The van der Waals surface area contributed by atoms with E-state index in [1.165, 1.54) is 10.9 Å². The van der Waals surface area contributed by atoms with E-state index in [0.717, 1.165) is 36.3 Å².